The van der Waals surface area contributed by atoms with E-state index in [-0.39, 0.29) is 11.9 Å². The molecule has 34 heavy (non-hydrogen) atoms. The van der Waals surface area contributed by atoms with Gasteiger partial charge in [-0.1, -0.05) is 0 Å². The maximum atomic E-state index is 13.0. The summed E-state index contributed by atoms with van der Waals surface area (Å²) in [7, 11) is -0.498. The van der Waals surface area contributed by atoms with Gasteiger partial charge in [0.1, 0.15) is 0 Å². The molecule has 0 aliphatic heterocycles. The minimum atomic E-state index is -2.27. The number of rotatable bonds is 10. The predicted octanol–water partition coefficient (Wildman–Crippen LogP) is 2.82. The first kappa shape index (κ1) is 24.0. The number of benzene rings is 3. The van der Waals surface area contributed by atoms with Gasteiger partial charge in [0.05, 0.1) is 0 Å². The molecule has 0 heterocycles. The van der Waals surface area contributed by atoms with Crippen molar-refractivity contribution in [2.24, 2.45) is 11.1 Å². The van der Waals surface area contributed by atoms with E-state index in [1.165, 1.54) is 15.9 Å². The van der Waals surface area contributed by atoms with Crippen LogP contribution in [0, 0.1) is 10.8 Å². The number of nitrogens with zero attached hydrogens (tertiary/aromatic N) is 1. The van der Waals surface area contributed by atoms with Gasteiger partial charge in [-0.2, -0.15) is 0 Å². The van der Waals surface area contributed by atoms with Crippen molar-refractivity contribution >= 4 is 35.0 Å². The Morgan fingerprint density at radius 2 is 1.35 bits per heavy atom. The van der Waals surface area contributed by atoms with Crippen LogP contribution < -0.4 is 27.0 Å². The van der Waals surface area contributed by atoms with Crippen molar-refractivity contribution in [3.8, 4) is 0 Å². The summed E-state index contributed by atoms with van der Waals surface area (Å²) in [5, 5.41) is 15.0. The molecule has 0 atom stereocenters. The maximum absolute atomic E-state index is 13.0. The van der Waals surface area contributed by atoms with Crippen LogP contribution in [0.1, 0.15) is 19.3 Å². The summed E-state index contributed by atoms with van der Waals surface area (Å²) in [5.41, 5.74) is 5.19. The van der Waals surface area contributed by atoms with Crippen LogP contribution >= 0.6 is 7.26 Å². The van der Waals surface area contributed by atoms with Gasteiger partial charge in [0.15, 0.2) is 0 Å². The second-order valence-electron chi connectivity index (χ2n) is 9.38. The molecule has 1 amide bonds. The number of hydrogen-bond acceptors (Lipinski definition) is 2. The molecule has 3 aromatic carbocycles. The molecule has 0 aromatic heterocycles. The summed E-state index contributed by atoms with van der Waals surface area (Å²) in [6.45, 7) is 1.15. The summed E-state index contributed by atoms with van der Waals surface area (Å²) in [5.74, 6) is 0.0930. The Morgan fingerprint density at radius 3 is 1.74 bits per heavy atom. The van der Waals surface area contributed by atoms with Crippen molar-refractivity contribution in [2.75, 3.05) is 26.3 Å². The van der Waals surface area contributed by atoms with E-state index in [9.17, 15) is 4.79 Å². The molecule has 5 nitrogen and oxygen atoms in total. The Bertz CT molecular complexity index is 1000. The summed E-state index contributed by atoms with van der Waals surface area (Å²) in [6, 6.07) is 32.6. The van der Waals surface area contributed by atoms with Gasteiger partial charge in [0, 0.05) is 0 Å². The van der Waals surface area contributed by atoms with Gasteiger partial charge in [-0.05, 0) is 0 Å². The number of nitrogens with two attached hydrogens (primary N) is 1. The molecule has 4 N–H and O–H groups in total. The molecule has 178 valence electrons. The van der Waals surface area contributed by atoms with Crippen LogP contribution in [0.4, 0.5) is 0 Å². The Morgan fingerprint density at radius 1 is 0.912 bits per heavy atom. The molecule has 1 fully saturated rings. The van der Waals surface area contributed by atoms with Crippen molar-refractivity contribution in [3.63, 3.8) is 0 Å². The van der Waals surface area contributed by atoms with Crippen LogP contribution in [0.3, 0.4) is 0 Å². The van der Waals surface area contributed by atoms with Gasteiger partial charge in [-0.15, -0.1) is 0 Å². The van der Waals surface area contributed by atoms with Crippen LogP contribution in [-0.4, -0.2) is 43.1 Å². The molecule has 6 heteroatoms. The van der Waals surface area contributed by atoms with E-state index < -0.39 is 12.7 Å². The SMILES string of the molecule is CN(CC1(C(=O)NCCC[PH](c2ccccc2)(c2ccccc2)c2ccccc2)CC1)C(=N)N. The van der Waals surface area contributed by atoms with Gasteiger partial charge in [-0.3, -0.25) is 0 Å². The average Bonchev–Trinajstić information content (AvgIpc) is 3.66. The standard InChI is InChI=1S/C28H35N4OP/c1-32(27(29)30)22-28(18-19-28)26(33)31-20-11-21-34(23-12-5-2-6-13-23,24-14-7-3-8-15-24)25-16-9-4-10-17-25/h2-10,12-17,34H,11,18-22H2,1H3,(H3,29,30)(H,31,33). The van der Waals surface area contributed by atoms with E-state index in [0.717, 1.165) is 25.4 Å². The molecule has 1 saturated carbocycles. The fourth-order valence-corrected chi connectivity index (χ4v) is 9.85. The fourth-order valence-electron chi connectivity index (χ4n) is 4.99. The van der Waals surface area contributed by atoms with Crippen molar-refractivity contribution < 1.29 is 4.79 Å². The van der Waals surface area contributed by atoms with E-state index in [4.69, 9.17) is 11.1 Å². The number of hydrogen-bond donors (Lipinski definition) is 3. The van der Waals surface area contributed by atoms with Gasteiger partial charge in [0.2, 0.25) is 0 Å². The van der Waals surface area contributed by atoms with Crippen LogP contribution in [0.2, 0.25) is 0 Å². The first-order valence-corrected chi connectivity index (χ1v) is 14.2. The predicted molar refractivity (Wildman–Crippen MR) is 145 cm³/mol. The first-order chi connectivity index (χ1) is 16.5. The third-order valence-electron chi connectivity index (χ3n) is 7.10. The number of amides is 1. The van der Waals surface area contributed by atoms with Crippen LogP contribution in [-0.2, 0) is 4.79 Å². The van der Waals surface area contributed by atoms with Crippen molar-refractivity contribution in [3.05, 3.63) is 91.0 Å². The molecule has 0 bridgehead atoms. The zero-order chi connectivity index (χ0) is 24.0. The monoisotopic (exact) mass is 474 g/mol. The zero-order valence-corrected chi connectivity index (χ0v) is 20.8. The molecule has 1 aliphatic rings. The third-order valence-corrected chi connectivity index (χ3v) is 12.2. The fraction of sp³-hybridized carbons (Fsp3) is 0.286. The second-order valence-corrected chi connectivity index (χ2v) is 13.4. The van der Waals surface area contributed by atoms with Gasteiger partial charge < -0.3 is 0 Å². The number of carbonyl (C=O) groups excluding carboxylic acids is 1. The van der Waals surface area contributed by atoms with E-state index in [1.807, 2.05) is 0 Å². The normalized spacial score (nSPS) is 14.7. The second kappa shape index (κ2) is 10.4. The Kier molecular flexibility index (Phi) is 7.33. The first-order valence-electron chi connectivity index (χ1n) is 12.0. The van der Waals surface area contributed by atoms with E-state index in [2.05, 4.69) is 96.3 Å². The molecule has 4 rings (SSSR count). The van der Waals surface area contributed by atoms with E-state index in [0.29, 0.717) is 13.1 Å². The van der Waals surface area contributed by atoms with Gasteiger partial charge in [0.25, 0.3) is 0 Å². The molecular formula is C28H35N4OP. The Labute approximate surface area is 203 Å². The van der Waals surface area contributed by atoms with Crippen LogP contribution in [0.25, 0.3) is 0 Å². The summed E-state index contributed by atoms with van der Waals surface area (Å²) in [4.78, 5) is 14.6. The summed E-state index contributed by atoms with van der Waals surface area (Å²) in [6.07, 6.45) is 3.61. The molecule has 1 aliphatic carbocycles. The van der Waals surface area contributed by atoms with Crippen LogP contribution in [0.5, 0.6) is 0 Å². The van der Waals surface area contributed by atoms with Crippen molar-refractivity contribution in [2.45, 2.75) is 19.3 Å². The van der Waals surface area contributed by atoms with Crippen molar-refractivity contribution in [1.29, 1.82) is 5.41 Å². The van der Waals surface area contributed by atoms with Gasteiger partial charge >= 0.3 is 203 Å². The zero-order valence-electron chi connectivity index (χ0n) is 19.8. The average molecular weight is 475 g/mol. The Hall–Kier alpha value is -3.17. The van der Waals surface area contributed by atoms with Gasteiger partial charge in [-0.25, -0.2) is 0 Å². The molecule has 0 radical (unpaired) electrons. The molecule has 3 aromatic rings. The quantitative estimate of drug-likeness (QED) is 0.183. The molecule has 0 unspecified atom stereocenters. The topological polar surface area (TPSA) is 82.2 Å². The Balaban J connectivity index is 1.55. The minimum absolute atomic E-state index is 0.00319. The number of nitrogens with one attached hydrogen (secondary N) is 2. The third kappa shape index (κ3) is 5.00. The molecule has 0 saturated heterocycles. The molecular weight excluding hydrogens is 439 g/mol. The van der Waals surface area contributed by atoms with Crippen LogP contribution in [0.15, 0.2) is 91.0 Å². The summed E-state index contributed by atoms with van der Waals surface area (Å²) >= 11 is 0. The van der Waals surface area contributed by atoms with Crippen molar-refractivity contribution in [1.82, 2.24) is 10.2 Å². The van der Waals surface area contributed by atoms with E-state index >= 15 is 0 Å². The molecule has 0 spiro atoms. The summed E-state index contributed by atoms with van der Waals surface area (Å²) < 4.78 is 0. The number of guanidine groups is 1. The number of carbonyl (C=O) groups is 1. The van der Waals surface area contributed by atoms with E-state index in [1.54, 1.807) is 11.9 Å².